The highest BCUT2D eigenvalue weighted by Crippen LogP contribution is 2.25. The number of anilines is 1. The third kappa shape index (κ3) is 2.59. The van der Waals surface area contributed by atoms with Gasteiger partial charge >= 0.3 is 0 Å². The molecule has 0 amide bonds. The molecule has 17 heavy (non-hydrogen) atoms. The molecule has 1 fully saturated rings. The number of aryl methyl sites for hydroxylation is 2. The molecule has 0 saturated heterocycles. The predicted octanol–water partition coefficient (Wildman–Crippen LogP) is 1.11. The first-order chi connectivity index (χ1) is 8.13. The largest absolute Gasteiger partial charge is 0.368 e. The van der Waals surface area contributed by atoms with Crippen LogP contribution in [0.1, 0.15) is 24.1 Å². The van der Waals surface area contributed by atoms with Crippen LogP contribution in [0.2, 0.25) is 0 Å². The highest BCUT2D eigenvalue weighted by molar-refractivity contribution is 5.54. The van der Waals surface area contributed by atoms with E-state index in [2.05, 4.69) is 28.4 Å². The van der Waals surface area contributed by atoms with Crippen molar-refractivity contribution in [3.63, 3.8) is 0 Å². The third-order valence-electron chi connectivity index (χ3n) is 3.26. The zero-order chi connectivity index (χ0) is 12.4. The lowest BCUT2D eigenvalue weighted by Crippen LogP contribution is -2.27. The second kappa shape index (κ2) is 4.76. The van der Waals surface area contributed by atoms with Crippen LogP contribution < -0.4 is 5.32 Å². The summed E-state index contributed by atoms with van der Waals surface area (Å²) in [6.45, 7) is 3.71. The molecule has 0 spiro atoms. The fourth-order valence-corrected chi connectivity index (χ4v) is 2.04. The number of likely N-dealkylation sites (N-methyl/N-ethyl adjacent to an activating group) is 1. The quantitative estimate of drug-likeness (QED) is 0.827. The first-order valence-electron chi connectivity index (χ1n) is 6.01. The molecule has 1 aliphatic rings. The summed E-state index contributed by atoms with van der Waals surface area (Å²) in [6, 6.07) is 2.98. The Balaban J connectivity index is 1.92. The maximum absolute atomic E-state index is 9.07. The Bertz CT molecular complexity index is 438. The maximum Gasteiger partial charge on any atom is 0.142 e. The lowest BCUT2D eigenvalue weighted by atomic mass is 10.2. The van der Waals surface area contributed by atoms with Gasteiger partial charge in [-0.3, -0.25) is 4.68 Å². The second-order valence-corrected chi connectivity index (χ2v) is 4.68. The van der Waals surface area contributed by atoms with Gasteiger partial charge in [0.25, 0.3) is 0 Å². The van der Waals surface area contributed by atoms with E-state index in [1.54, 1.807) is 4.68 Å². The van der Waals surface area contributed by atoms with Crippen LogP contribution >= 0.6 is 0 Å². The van der Waals surface area contributed by atoms with Crippen molar-refractivity contribution in [2.75, 3.05) is 25.5 Å². The van der Waals surface area contributed by atoms with E-state index in [0.717, 1.165) is 30.6 Å². The van der Waals surface area contributed by atoms with Crippen LogP contribution in [0.15, 0.2) is 0 Å². The molecule has 5 nitrogen and oxygen atoms in total. The summed E-state index contributed by atoms with van der Waals surface area (Å²) in [7, 11) is 4.01. The van der Waals surface area contributed by atoms with E-state index in [4.69, 9.17) is 5.26 Å². The van der Waals surface area contributed by atoms with Crippen molar-refractivity contribution in [2.24, 2.45) is 7.05 Å². The van der Waals surface area contributed by atoms with Crippen molar-refractivity contribution in [2.45, 2.75) is 25.8 Å². The monoisotopic (exact) mass is 233 g/mol. The zero-order valence-electron chi connectivity index (χ0n) is 10.7. The summed E-state index contributed by atoms with van der Waals surface area (Å²) in [5.41, 5.74) is 1.44. The summed E-state index contributed by atoms with van der Waals surface area (Å²) >= 11 is 0. The van der Waals surface area contributed by atoms with Gasteiger partial charge in [0, 0.05) is 26.2 Å². The molecular weight excluding hydrogens is 214 g/mol. The minimum atomic E-state index is 0.654. The Morgan fingerprint density at radius 3 is 2.88 bits per heavy atom. The number of aromatic nitrogens is 2. The Morgan fingerprint density at radius 1 is 1.59 bits per heavy atom. The normalized spacial score (nSPS) is 15.0. The molecule has 0 aromatic carbocycles. The molecular formula is C12H19N5. The predicted molar refractivity (Wildman–Crippen MR) is 66.8 cm³/mol. The van der Waals surface area contributed by atoms with Crippen LogP contribution in [0, 0.1) is 18.3 Å². The molecule has 0 radical (unpaired) electrons. The highest BCUT2D eigenvalue weighted by Gasteiger charge is 2.25. The van der Waals surface area contributed by atoms with Gasteiger partial charge in [0.2, 0.25) is 0 Å². The van der Waals surface area contributed by atoms with E-state index in [-0.39, 0.29) is 0 Å². The van der Waals surface area contributed by atoms with Gasteiger partial charge in [0.15, 0.2) is 0 Å². The zero-order valence-corrected chi connectivity index (χ0v) is 10.7. The van der Waals surface area contributed by atoms with Crippen molar-refractivity contribution in [1.29, 1.82) is 5.26 Å². The fourth-order valence-electron chi connectivity index (χ4n) is 2.04. The molecule has 0 bridgehead atoms. The molecule has 5 heteroatoms. The highest BCUT2D eigenvalue weighted by atomic mass is 15.3. The number of nitrogens with one attached hydrogen (secondary N) is 1. The van der Waals surface area contributed by atoms with Gasteiger partial charge in [-0.1, -0.05) is 0 Å². The van der Waals surface area contributed by atoms with Gasteiger partial charge in [0.05, 0.1) is 5.69 Å². The van der Waals surface area contributed by atoms with Crippen molar-refractivity contribution < 1.29 is 0 Å². The van der Waals surface area contributed by atoms with E-state index < -0.39 is 0 Å². The van der Waals surface area contributed by atoms with E-state index in [0.29, 0.717) is 5.56 Å². The lowest BCUT2D eigenvalue weighted by molar-refractivity contribution is 0.337. The standard InChI is InChI=1S/C12H19N5/c1-9-11(8-13)12(17(3)15-9)14-6-7-16(2)10-4-5-10/h10,14H,4-7H2,1-3H3. The second-order valence-electron chi connectivity index (χ2n) is 4.68. The summed E-state index contributed by atoms with van der Waals surface area (Å²) in [5.74, 6) is 0.828. The van der Waals surface area contributed by atoms with Crippen molar-refractivity contribution in [1.82, 2.24) is 14.7 Å². The molecule has 92 valence electrons. The summed E-state index contributed by atoms with van der Waals surface area (Å²) in [5, 5.41) is 16.6. The van der Waals surface area contributed by atoms with Crippen LogP contribution in [0.5, 0.6) is 0 Å². The smallest absolute Gasteiger partial charge is 0.142 e. The van der Waals surface area contributed by atoms with Crippen molar-refractivity contribution in [3.05, 3.63) is 11.3 Å². The number of nitriles is 1. The molecule has 0 unspecified atom stereocenters. The summed E-state index contributed by atoms with van der Waals surface area (Å²) in [6.07, 6.45) is 2.65. The van der Waals surface area contributed by atoms with Crippen LogP contribution in [0.4, 0.5) is 5.82 Å². The number of hydrogen-bond donors (Lipinski definition) is 1. The molecule has 1 aromatic heterocycles. The Labute approximate surface area is 102 Å². The summed E-state index contributed by atoms with van der Waals surface area (Å²) < 4.78 is 1.74. The van der Waals surface area contributed by atoms with Gasteiger partial charge in [-0.15, -0.1) is 0 Å². The Hall–Kier alpha value is -1.54. The average Bonchev–Trinajstić information content (AvgIpc) is 3.07. The molecule has 1 aromatic rings. The molecule has 2 rings (SSSR count). The topological polar surface area (TPSA) is 56.9 Å². The number of hydrogen-bond acceptors (Lipinski definition) is 4. The first-order valence-corrected chi connectivity index (χ1v) is 6.01. The Morgan fingerprint density at radius 2 is 2.29 bits per heavy atom. The van der Waals surface area contributed by atoms with E-state index in [9.17, 15) is 0 Å². The van der Waals surface area contributed by atoms with E-state index in [1.807, 2.05) is 14.0 Å². The Kier molecular flexibility index (Phi) is 3.34. The van der Waals surface area contributed by atoms with Gasteiger partial charge in [0.1, 0.15) is 17.5 Å². The van der Waals surface area contributed by atoms with Gasteiger partial charge < -0.3 is 10.2 Å². The maximum atomic E-state index is 9.07. The minimum Gasteiger partial charge on any atom is -0.368 e. The molecule has 0 aliphatic heterocycles. The third-order valence-corrected chi connectivity index (χ3v) is 3.26. The van der Waals surface area contributed by atoms with Crippen LogP contribution in [-0.4, -0.2) is 40.9 Å². The molecule has 1 N–H and O–H groups in total. The van der Waals surface area contributed by atoms with Crippen LogP contribution in [0.3, 0.4) is 0 Å². The number of rotatable bonds is 5. The first kappa shape index (κ1) is 11.9. The SMILES string of the molecule is Cc1nn(C)c(NCCN(C)C2CC2)c1C#N. The molecule has 1 aliphatic carbocycles. The van der Waals surface area contributed by atoms with Gasteiger partial charge in [-0.25, -0.2) is 0 Å². The van der Waals surface area contributed by atoms with Crippen LogP contribution in [-0.2, 0) is 7.05 Å². The van der Waals surface area contributed by atoms with Crippen molar-refractivity contribution >= 4 is 5.82 Å². The lowest BCUT2D eigenvalue weighted by Gasteiger charge is -2.16. The number of nitrogens with zero attached hydrogens (tertiary/aromatic N) is 4. The van der Waals surface area contributed by atoms with Crippen molar-refractivity contribution in [3.8, 4) is 6.07 Å². The molecule has 1 saturated carbocycles. The minimum absolute atomic E-state index is 0.654. The summed E-state index contributed by atoms with van der Waals surface area (Å²) in [4.78, 5) is 2.36. The van der Waals surface area contributed by atoms with Gasteiger partial charge in [-0.2, -0.15) is 10.4 Å². The van der Waals surface area contributed by atoms with E-state index >= 15 is 0 Å². The van der Waals surface area contributed by atoms with Crippen LogP contribution in [0.25, 0.3) is 0 Å². The molecule has 0 atom stereocenters. The average molecular weight is 233 g/mol. The van der Waals surface area contributed by atoms with E-state index in [1.165, 1.54) is 12.8 Å². The molecule has 1 heterocycles. The van der Waals surface area contributed by atoms with Gasteiger partial charge in [-0.05, 0) is 26.8 Å². The fraction of sp³-hybridized carbons (Fsp3) is 0.667.